The highest BCUT2D eigenvalue weighted by Gasteiger charge is 2.02. The van der Waals surface area contributed by atoms with Crippen molar-refractivity contribution in [1.29, 1.82) is 0 Å². The Morgan fingerprint density at radius 1 is 1.42 bits per heavy atom. The highest BCUT2D eigenvalue weighted by atomic mass is 35.5. The summed E-state index contributed by atoms with van der Waals surface area (Å²) in [5.74, 6) is 0.727. The molecule has 2 nitrogen and oxygen atoms in total. The third-order valence-corrected chi connectivity index (χ3v) is 2.26. The Kier molecular flexibility index (Phi) is 3.35. The van der Waals surface area contributed by atoms with Crippen LogP contribution in [0.25, 0.3) is 0 Å². The van der Waals surface area contributed by atoms with Crippen molar-refractivity contribution in [2.24, 2.45) is 0 Å². The van der Waals surface area contributed by atoms with E-state index in [4.69, 9.17) is 11.6 Å². The highest BCUT2D eigenvalue weighted by molar-refractivity contribution is 7.99. The molecule has 1 heterocycles. The Hall–Kier alpha value is -0.280. The Morgan fingerprint density at radius 3 is 2.58 bits per heavy atom. The first-order chi connectivity index (χ1) is 5.58. The molecule has 0 aliphatic carbocycles. The first-order valence-electron chi connectivity index (χ1n) is 3.76. The molecule has 1 aromatic rings. The summed E-state index contributed by atoms with van der Waals surface area (Å²) in [5.41, 5.74) is 0. The average molecular weight is 203 g/mol. The molecule has 1 aromatic heterocycles. The quantitative estimate of drug-likeness (QED) is 0.545. The molecule has 0 aliphatic heterocycles. The fraction of sp³-hybridized carbons (Fsp3) is 0.500. The van der Waals surface area contributed by atoms with Crippen molar-refractivity contribution in [2.75, 3.05) is 0 Å². The van der Waals surface area contributed by atoms with Gasteiger partial charge < -0.3 is 0 Å². The van der Waals surface area contributed by atoms with Gasteiger partial charge in [0.25, 0.3) is 0 Å². The van der Waals surface area contributed by atoms with Crippen LogP contribution < -0.4 is 0 Å². The Morgan fingerprint density at radius 2 is 2.08 bits per heavy atom. The van der Waals surface area contributed by atoms with Gasteiger partial charge in [0.1, 0.15) is 16.0 Å². The molecule has 0 N–H and O–H groups in total. The molecular weight excluding hydrogens is 192 g/mol. The molecule has 0 saturated carbocycles. The summed E-state index contributed by atoms with van der Waals surface area (Å²) in [6.45, 7) is 6.09. The maximum Gasteiger partial charge on any atom is 0.133 e. The fourth-order valence-corrected chi connectivity index (χ4v) is 1.95. The lowest BCUT2D eigenvalue weighted by molar-refractivity contribution is 0.960. The lowest BCUT2D eigenvalue weighted by Gasteiger charge is -2.04. The molecule has 0 amide bonds. The van der Waals surface area contributed by atoms with Gasteiger partial charge in [-0.15, -0.1) is 11.8 Å². The third-order valence-electron chi connectivity index (χ3n) is 1.14. The van der Waals surface area contributed by atoms with E-state index in [-0.39, 0.29) is 0 Å². The van der Waals surface area contributed by atoms with Gasteiger partial charge in [0.05, 0.1) is 0 Å². The standard InChI is InChI=1S/C8H11ClN2S/c1-5(2)12-8-4-7(9)10-6(3)11-8/h4-5H,1-3H3. The first-order valence-corrected chi connectivity index (χ1v) is 5.01. The van der Waals surface area contributed by atoms with E-state index in [1.54, 1.807) is 17.8 Å². The van der Waals surface area contributed by atoms with E-state index in [0.29, 0.717) is 10.4 Å². The Labute approximate surface area is 81.8 Å². The number of halogens is 1. The van der Waals surface area contributed by atoms with Gasteiger partial charge >= 0.3 is 0 Å². The van der Waals surface area contributed by atoms with Gasteiger partial charge in [0.15, 0.2) is 0 Å². The summed E-state index contributed by atoms with van der Waals surface area (Å²) in [6.07, 6.45) is 0. The van der Waals surface area contributed by atoms with Gasteiger partial charge in [-0.05, 0) is 6.92 Å². The van der Waals surface area contributed by atoms with E-state index >= 15 is 0 Å². The molecule has 4 heteroatoms. The van der Waals surface area contributed by atoms with Gasteiger partial charge in [0, 0.05) is 11.3 Å². The van der Waals surface area contributed by atoms with Crippen LogP contribution in [0.4, 0.5) is 0 Å². The molecule has 0 unspecified atom stereocenters. The summed E-state index contributed by atoms with van der Waals surface area (Å²) in [5, 5.41) is 1.99. The minimum atomic E-state index is 0.519. The second-order valence-electron chi connectivity index (χ2n) is 2.74. The lowest BCUT2D eigenvalue weighted by Crippen LogP contribution is -1.93. The van der Waals surface area contributed by atoms with Gasteiger partial charge in [-0.25, -0.2) is 9.97 Å². The molecule has 12 heavy (non-hydrogen) atoms. The van der Waals surface area contributed by atoms with Gasteiger partial charge in [0.2, 0.25) is 0 Å². The first kappa shape index (κ1) is 9.81. The molecule has 0 radical (unpaired) electrons. The van der Waals surface area contributed by atoms with Crippen LogP contribution in [-0.4, -0.2) is 15.2 Å². The summed E-state index contributed by atoms with van der Waals surface area (Å²) in [7, 11) is 0. The number of nitrogens with zero attached hydrogens (tertiary/aromatic N) is 2. The average Bonchev–Trinajstić information content (AvgIpc) is 1.81. The number of thioether (sulfide) groups is 1. The van der Waals surface area contributed by atoms with Crippen LogP contribution in [0, 0.1) is 6.92 Å². The molecule has 0 atom stereocenters. The number of aryl methyl sites for hydroxylation is 1. The minimum Gasteiger partial charge on any atom is -0.227 e. The van der Waals surface area contributed by atoms with Crippen LogP contribution in [0.5, 0.6) is 0 Å². The van der Waals surface area contributed by atoms with Crippen LogP contribution >= 0.6 is 23.4 Å². The predicted octanol–water partition coefficient (Wildman–Crippen LogP) is 2.94. The van der Waals surface area contributed by atoms with E-state index in [0.717, 1.165) is 10.9 Å². The van der Waals surface area contributed by atoms with Gasteiger partial charge in [-0.2, -0.15) is 0 Å². The normalized spacial score (nSPS) is 10.8. The summed E-state index contributed by atoms with van der Waals surface area (Å²) in [4.78, 5) is 8.22. The minimum absolute atomic E-state index is 0.519. The Bertz CT molecular complexity index is 256. The van der Waals surface area contributed by atoms with Crippen molar-refractivity contribution in [3.05, 3.63) is 17.0 Å². The molecule has 1 rings (SSSR count). The van der Waals surface area contributed by atoms with Crippen LogP contribution in [0.15, 0.2) is 11.1 Å². The molecular formula is C8H11ClN2S. The molecule has 0 bridgehead atoms. The van der Waals surface area contributed by atoms with Crippen molar-refractivity contribution in [3.8, 4) is 0 Å². The van der Waals surface area contributed by atoms with E-state index in [9.17, 15) is 0 Å². The molecule has 66 valence electrons. The number of rotatable bonds is 2. The van der Waals surface area contributed by atoms with E-state index in [2.05, 4.69) is 23.8 Å². The highest BCUT2D eigenvalue weighted by Crippen LogP contribution is 2.22. The zero-order chi connectivity index (χ0) is 9.14. The van der Waals surface area contributed by atoms with E-state index in [1.165, 1.54) is 0 Å². The smallest absolute Gasteiger partial charge is 0.133 e. The van der Waals surface area contributed by atoms with Crippen molar-refractivity contribution < 1.29 is 0 Å². The van der Waals surface area contributed by atoms with Crippen LogP contribution in [0.2, 0.25) is 5.15 Å². The van der Waals surface area contributed by atoms with Crippen molar-refractivity contribution in [3.63, 3.8) is 0 Å². The molecule has 0 spiro atoms. The van der Waals surface area contributed by atoms with Gasteiger partial charge in [-0.1, -0.05) is 25.4 Å². The van der Waals surface area contributed by atoms with Crippen molar-refractivity contribution in [2.45, 2.75) is 31.0 Å². The molecule has 0 saturated heterocycles. The monoisotopic (exact) mass is 202 g/mol. The van der Waals surface area contributed by atoms with Crippen molar-refractivity contribution in [1.82, 2.24) is 9.97 Å². The largest absolute Gasteiger partial charge is 0.227 e. The number of hydrogen-bond acceptors (Lipinski definition) is 3. The number of hydrogen-bond donors (Lipinski definition) is 0. The summed E-state index contributed by atoms with van der Waals surface area (Å²) in [6, 6.07) is 1.79. The SMILES string of the molecule is Cc1nc(Cl)cc(SC(C)C)n1. The summed E-state index contributed by atoms with van der Waals surface area (Å²) < 4.78 is 0. The molecule has 0 aliphatic rings. The maximum absolute atomic E-state index is 5.77. The molecule has 0 aromatic carbocycles. The zero-order valence-electron chi connectivity index (χ0n) is 7.34. The lowest BCUT2D eigenvalue weighted by atomic mass is 10.6. The molecule has 0 fully saturated rings. The van der Waals surface area contributed by atoms with Crippen LogP contribution in [0.3, 0.4) is 0 Å². The van der Waals surface area contributed by atoms with Crippen LogP contribution in [-0.2, 0) is 0 Å². The maximum atomic E-state index is 5.77. The third kappa shape index (κ3) is 2.99. The van der Waals surface area contributed by atoms with E-state index in [1.807, 2.05) is 6.92 Å². The Balaban J connectivity index is 2.85. The van der Waals surface area contributed by atoms with Crippen LogP contribution in [0.1, 0.15) is 19.7 Å². The predicted molar refractivity (Wildman–Crippen MR) is 52.8 cm³/mol. The van der Waals surface area contributed by atoms with Crippen molar-refractivity contribution >= 4 is 23.4 Å². The summed E-state index contributed by atoms with van der Waals surface area (Å²) >= 11 is 7.46. The van der Waals surface area contributed by atoms with Gasteiger partial charge in [-0.3, -0.25) is 0 Å². The number of aromatic nitrogens is 2. The van der Waals surface area contributed by atoms with E-state index < -0.39 is 0 Å². The fourth-order valence-electron chi connectivity index (χ4n) is 0.807. The zero-order valence-corrected chi connectivity index (χ0v) is 8.91. The topological polar surface area (TPSA) is 25.8 Å². The second kappa shape index (κ2) is 4.10. The second-order valence-corrected chi connectivity index (χ2v) is 4.73.